The molecule has 0 atom stereocenters. The van der Waals surface area contributed by atoms with E-state index in [4.69, 9.17) is 0 Å². The van der Waals surface area contributed by atoms with Gasteiger partial charge in [0, 0.05) is 0 Å². The minimum Gasteiger partial charge on any atom is -0.0622 e. The van der Waals surface area contributed by atoms with Gasteiger partial charge in [0.15, 0.2) is 0 Å². The van der Waals surface area contributed by atoms with Gasteiger partial charge in [-0.1, -0.05) is 188 Å². The Kier molecular flexibility index (Phi) is 6.97. The third kappa shape index (κ3) is 4.78. The molecular formula is C54H34. The Morgan fingerprint density at radius 3 is 1.52 bits per heavy atom. The number of hydrogen-bond acceptors (Lipinski definition) is 0. The van der Waals surface area contributed by atoms with Crippen LogP contribution in [-0.4, -0.2) is 0 Å². The fourth-order valence-electron chi connectivity index (χ4n) is 8.94. The van der Waals surface area contributed by atoms with Crippen molar-refractivity contribution < 1.29 is 0 Å². The second kappa shape index (κ2) is 12.3. The number of benzene rings is 11. The molecule has 54 heavy (non-hydrogen) atoms. The standard InChI is InChI=1S/C54H34/c1-3-15-36(16-4-1)41-23-11-12-24-44(41)50-34-51(45-25-13-21-37-19-9-10-22-42(37)45)52-33-49(38-17-5-2-6-18-38)47-29-28-43(46-30-31-48(50)54(52)53(46)47)40-27-26-35-14-7-8-20-39(35)32-40/h1-34H. The molecule has 0 aliphatic rings. The Morgan fingerprint density at radius 1 is 0.185 bits per heavy atom. The first kappa shape index (κ1) is 30.6. The van der Waals surface area contributed by atoms with Gasteiger partial charge in [-0.3, -0.25) is 0 Å². The Bertz CT molecular complexity index is 3180. The van der Waals surface area contributed by atoms with E-state index in [1.165, 1.54) is 109 Å². The monoisotopic (exact) mass is 682 g/mol. The number of fused-ring (bicyclic) bond motifs is 2. The van der Waals surface area contributed by atoms with Crippen molar-refractivity contribution in [3.8, 4) is 55.6 Å². The number of hydrogen-bond donors (Lipinski definition) is 0. The largest absolute Gasteiger partial charge is 0.0622 e. The van der Waals surface area contributed by atoms with Crippen molar-refractivity contribution in [3.63, 3.8) is 0 Å². The van der Waals surface area contributed by atoms with Crippen molar-refractivity contribution in [3.05, 3.63) is 206 Å². The van der Waals surface area contributed by atoms with Crippen molar-refractivity contribution in [1.29, 1.82) is 0 Å². The van der Waals surface area contributed by atoms with E-state index in [2.05, 4.69) is 206 Å². The molecule has 0 heterocycles. The molecule has 0 fully saturated rings. The lowest BCUT2D eigenvalue weighted by molar-refractivity contribution is 1.60. The highest BCUT2D eigenvalue weighted by Gasteiger charge is 2.23. The summed E-state index contributed by atoms with van der Waals surface area (Å²) in [5.74, 6) is 0. The zero-order chi connectivity index (χ0) is 35.6. The summed E-state index contributed by atoms with van der Waals surface area (Å²) < 4.78 is 0. The zero-order valence-corrected chi connectivity index (χ0v) is 29.6. The Hall–Kier alpha value is -7.02. The van der Waals surface area contributed by atoms with E-state index in [9.17, 15) is 0 Å². The van der Waals surface area contributed by atoms with Crippen LogP contribution in [0.3, 0.4) is 0 Å². The maximum absolute atomic E-state index is 2.48. The Balaban J connectivity index is 1.33. The predicted molar refractivity (Wildman–Crippen MR) is 232 cm³/mol. The van der Waals surface area contributed by atoms with Crippen LogP contribution < -0.4 is 0 Å². The lowest BCUT2D eigenvalue weighted by Gasteiger charge is -2.23. The molecule has 0 saturated carbocycles. The predicted octanol–water partition coefficient (Wildman–Crippen LogP) is 15.2. The van der Waals surface area contributed by atoms with E-state index in [-0.39, 0.29) is 0 Å². The first-order chi connectivity index (χ1) is 26.8. The van der Waals surface area contributed by atoms with Crippen LogP contribution in [0.1, 0.15) is 0 Å². The zero-order valence-electron chi connectivity index (χ0n) is 29.6. The molecule has 0 amide bonds. The Morgan fingerprint density at radius 2 is 0.722 bits per heavy atom. The van der Waals surface area contributed by atoms with Crippen molar-refractivity contribution in [1.82, 2.24) is 0 Å². The van der Waals surface area contributed by atoms with Gasteiger partial charge in [-0.25, -0.2) is 0 Å². The molecular weight excluding hydrogens is 649 g/mol. The van der Waals surface area contributed by atoms with Crippen molar-refractivity contribution in [2.45, 2.75) is 0 Å². The van der Waals surface area contributed by atoms with Crippen LogP contribution >= 0.6 is 0 Å². The van der Waals surface area contributed by atoms with Gasteiger partial charge >= 0.3 is 0 Å². The van der Waals surface area contributed by atoms with Crippen LogP contribution in [0.2, 0.25) is 0 Å². The van der Waals surface area contributed by atoms with Crippen LogP contribution in [0.4, 0.5) is 0 Å². The van der Waals surface area contributed by atoms with Crippen LogP contribution in [0.5, 0.6) is 0 Å². The van der Waals surface area contributed by atoms with Crippen molar-refractivity contribution >= 4 is 53.9 Å². The quantitative estimate of drug-likeness (QED) is 0.159. The molecule has 11 rings (SSSR count). The molecule has 0 spiro atoms. The van der Waals surface area contributed by atoms with Crippen LogP contribution in [0.15, 0.2) is 206 Å². The van der Waals surface area contributed by atoms with E-state index < -0.39 is 0 Å². The molecule has 0 heteroatoms. The summed E-state index contributed by atoms with van der Waals surface area (Å²) in [6, 6.07) is 76.2. The first-order valence-electron chi connectivity index (χ1n) is 18.8. The van der Waals surface area contributed by atoms with Crippen molar-refractivity contribution in [2.24, 2.45) is 0 Å². The van der Waals surface area contributed by atoms with Gasteiger partial charge < -0.3 is 0 Å². The lowest BCUT2D eigenvalue weighted by Crippen LogP contribution is -1.95. The molecule has 11 aromatic carbocycles. The maximum Gasteiger partial charge on any atom is -0.00137 e. The van der Waals surface area contributed by atoms with Gasteiger partial charge in [0.05, 0.1) is 0 Å². The molecule has 0 aromatic heterocycles. The summed E-state index contributed by atoms with van der Waals surface area (Å²) in [6.07, 6.45) is 0. The van der Waals surface area contributed by atoms with Crippen molar-refractivity contribution in [2.75, 3.05) is 0 Å². The summed E-state index contributed by atoms with van der Waals surface area (Å²) in [7, 11) is 0. The van der Waals surface area contributed by atoms with Gasteiger partial charge in [-0.2, -0.15) is 0 Å². The van der Waals surface area contributed by atoms with Crippen LogP contribution in [0, 0.1) is 0 Å². The number of rotatable bonds is 5. The molecule has 0 aliphatic heterocycles. The minimum atomic E-state index is 1.22. The third-order valence-corrected chi connectivity index (χ3v) is 11.4. The SMILES string of the molecule is c1ccc(-c2ccccc2-c2cc(-c3cccc4ccccc34)c3cc(-c4ccccc4)c4ccc(-c5ccc6ccccc6c5)c5ccc2c3c54)cc1. The lowest BCUT2D eigenvalue weighted by atomic mass is 9.80. The second-order valence-corrected chi connectivity index (χ2v) is 14.4. The fraction of sp³-hybridized carbons (Fsp3) is 0. The molecule has 0 radical (unpaired) electrons. The fourth-order valence-corrected chi connectivity index (χ4v) is 8.94. The average Bonchev–Trinajstić information content (AvgIpc) is 3.25. The second-order valence-electron chi connectivity index (χ2n) is 14.4. The van der Waals surface area contributed by atoms with Crippen LogP contribution in [0.25, 0.3) is 109 Å². The first-order valence-corrected chi connectivity index (χ1v) is 18.8. The minimum absolute atomic E-state index is 1.22. The highest BCUT2D eigenvalue weighted by Crippen LogP contribution is 2.50. The van der Waals surface area contributed by atoms with Gasteiger partial charge in [0.1, 0.15) is 0 Å². The van der Waals surface area contributed by atoms with E-state index >= 15 is 0 Å². The maximum atomic E-state index is 2.48. The molecule has 0 saturated heterocycles. The highest BCUT2D eigenvalue weighted by molar-refractivity contribution is 6.33. The average molecular weight is 683 g/mol. The molecule has 0 nitrogen and oxygen atoms in total. The van der Waals surface area contributed by atoms with E-state index in [1.54, 1.807) is 0 Å². The summed E-state index contributed by atoms with van der Waals surface area (Å²) in [5.41, 5.74) is 12.4. The highest BCUT2D eigenvalue weighted by atomic mass is 14.3. The topological polar surface area (TPSA) is 0 Å². The van der Waals surface area contributed by atoms with Gasteiger partial charge in [-0.05, 0) is 128 Å². The summed E-state index contributed by atoms with van der Waals surface area (Å²) >= 11 is 0. The van der Waals surface area contributed by atoms with E-state index in [0.717, 1.165) is 0 Å². The summed E-state index contributed by atoms with van der Waals surface area (Å²) in [4.78, 5) is 0. The smallest absolute Gasteiger partial charge is 0.00137 e. The summed E-state index contributed by atoms with van der Waals surface area (Å²) in [6.45, 7) is 0. The van der Waals surface area contributed by atoms with Gasteiger partial charge in [0.25, 0.3) is 0 Å². The molecule has 0 bridgehead atoms. The van der Waals surface area contributed by atoms with Gasteiger partial charge in [-0.15, -0.1) is 0 Å². The van der Waals surface area contributed by atoms with Gasteiger partial charge in [0.2, 0.25) is 0 Å². The molecule has 0 unspecified atom stereocenters. The molecule has 250 valence electrons. The van der Waals surface area contributed by atoms with E-state index in [1.807, 2.05) is 0 Å². The normalized spacial score (nSPS) is 11.7. The molecule has 11 aromatic rings. The molecule has 0 N–H and O–H groups in total. The summed E-state index contributed by atoms with van der Waals surface area (Å²) in [5, 5.41) is 12.7. The third-order valence-electron chi connectivity index (χ3n) is 11.4. The Labute approximate surface area is 314 Å². The van der Waals surface area contributed by atoms with Crippen LogP contribution in [-0.2, 0) is 0 Å². The van der Waals surface area contributed by atoms with E-state index in [0.29, 0.717) is 0 Å². The molecule has 0 aliphatic carbocycles.